The maximum atomic E-state index is 13.3. The van der Waals surface area contributed by atoms with Crippen molar-refractivity contribution < 1.29 is 22.8 Å². The zero-order chi connectivity index (χ0) is 21.9. The van der Waals surface area contributed by atoms with E-state index < -0.39 is 22.9 Å². The van der Waals surface area contributed by atoms with E-state index in [1.807, 2.05) is 0 Å². The molecule has 1 atom stereocenters. The van der Waals surface area contributed by atoms with Gasteiger partial charge < -0.3 is 10.6 Å². The third kappa shape index (κ3) is 5.92. The molecule has 2 amide bonds. The third-order valence-electron chi connectivity index (χ3n) is 4.54. The van der Waals surface area contributed by atoms with Gasteiger partial charge in [-0.3, -0.25) is 9.59 Å². The molecule has 30 heavy (non-hydrogen) atoms. The minimum atomic E-state index is -4.64. The first kappa shape index (κ1) is 22.5. The molecule has 0 aromatic heterocycles. The molecule has 0 bridgehead atoms. The lowest BCUT2D eigenvalue weighted by Crippen LogP contribution is -2.26. The Morgan fingerprint density at radius 1 is 1.17 bits per heavy atom. The lowest BCUT2D eigenvalue weighted by molar-refractivity contribution is -0.137. The van der Waals surface area contributed by atoms with Gasteiger partial charge in [-0.2, -0.15) is 13.2 Å². The fourth-order valence-electron chi connectivity index (χ4n) is 2.80. The van der Waals surface area contributed by atoms with Crippen molar-refractivity contribution in [1.29, 1.82) is 0 Å². The van der Waals surface area contributed by atoms with Crippen LogP contribution in [0.3, 0.4) is 0 Å². The second kappa shape index (κ2) is 9.31. The Hall–Kier alpha value is -2.19. The summed E-state index contributed by atoms with van der Waals surface area (Å²) < 4.78 is 39.8. The minimum Gasteiger partial charge on any atom is -0.326 e. The molecular formula is C21H20ClF3N2O2S. The van der Waals surface area contributed by atoms with Gasteiger partial charge >= 0.3 is 6.18 Å². The van der Waals surface area contributed by atoms with Crippen molar-refractivity contribution >= 4 is 46.6 Å². The molecule has 9 heteroatoms. The van der Waals surface area contributed by atoms with Crippen LogP contribution in [0.1, 0.15) is 31.7 Å². The number of benzene rings is 2. The first-order valence-electron chi connectivity index (χ1n) is 9.42. The Morgan fingerprint density at radius 3 is 2.53 bits per heavy atom. The number of hydrogen-bond donors (Lipinski definition) is 2. The van der Waals surface area contributed by atoms with Crippen LogP contribution >= 0.6 is 23.4 Å². The van der Waals surface area contributed by atoms with Crippen molar-refractivity contribution in [2.75, 3.05) is 10.6 Å². The fraction of sp³-hybridized carbons (Fsp3) is 0.333. The summed E-state index contributed by atoms with van der Waals surface area (Å²) in [4.78, 5) is 25.3. The molecular weight excluding hydrogens is 437 g/mol. The zero-order valence-electron chi connectivity index (χ0n) is 16.1. The van der Waals surface area contributed by atoms with Crippen LogP contribution in [0.2, 0.25) is 5.02 Å². The van der Waals surface area contributed by atoms with E-state index in [2.05, 4.69) is 10.6 Å². The van der Waals surface area contributed by atoms with Crippen LogP contribution in [-0.4, -0.2) is 17.1 Å². The highest BCUT2D eigenvalue weighted by Crippen LogP contribution is 2.37. The number of thioether (sulfide) groups is 1. The smallest absolute Gasteiger partial charge is 0.326 e. The van der Waals surface area contributed by atoms with Gasteiger partial charge in [0.05, 0.1) is 16.5 Å². The highest BCUT2D eigenvalue weighted by Gasteiger charge is 2.35. The molecule has 0 radical (unpaired) electrons. The number of nitrogens with one attached hydrogen (secondary N) is 2. The van der Waals surface area contributed by atoms with E-state index in [0.29, 0.717) is 12.1 Å². The molecule has 1 saturated carbocycles. The summed E-state index contributed by atoms with van der Waals surface area (Å²) in [6, 6.07) is 10.3. The third-order valence-corrected chi connectivity index (χ3v) is 6.13. The van der Waals surface area contributed by atoms with Gasteiger partial charge in [0.2, 0.25) is 11.8 Å². The van der Waals surface area contributed by atoms with Gasteiger partial charge in [0, 0.05) is 21.5 Å². The number of halogens is 4. The number of amides is 2. The van der Waals surface area contributed by atoms with E-state index in [0.717, 1.165) is 29.9 Å². The van der Waals surface area contributed by atoms with Crippen LogP contribution in [0.15, 0.2) is 47.4 Å². The average Bonchev–Trinajstić information content (AvgIpc) is 3.52. The summed E-state index contributed by atoms with van der Waals surface area (Å²) in [5.41, 5.74) is -0.696. The summed E-state index contributed by atoms with van der Waals surface area (Å²) in [6.45, 7) is 1.78. The summed E-state index contributed by atoms with van der Waals surface area (Å²) in [6.07, 6.45) is -2.45. The van der Waals surface area contributed by atoms with Crippen molar-refractivity contribution in [2.45, 2.75) is 42.5 Å². The number of carbonyl (C=O) groups is 2. The number of hydrogen-bond acceptors (Lipinski definition) is 3. The average molecular weight is 457 g/mol. The monoisotopic (exact) mass is 456 g/mol. The van der Waals surface area contributed by atoms with Gasteiger partial charge in [0.1, 0.15) is 0 Å². The number of rotatable bonds is 7. The highest BCUT2D eigenvalue weighted by molar-refractivity contribution is 8.00. The Kier molecular flexibility index (Phi) is 6.98. The van der Waals surface area contributed by atoms with Crippen LogP contribution < -0.4 is 10.6 Å². The minimum absolute atomic E-state index is 0.0237. The summed E-state index contributed by atoms with van der Waals surface area (Å²) in [5, 5.41) is 4.54. The van der Waals surface area contributed by atoms with Crippen LogP contribution in [0.5, 0.6) is 0 Å². The normalized spacial score (nSPS) is 14.8. The van der Waals surface area contributed by atoms with Crippen molar-refractivity contribution in [3.63, 3.8) is 0 Å². The molecule has 0 saturated heterocycles. The zero-order valence-corrected chi connectivity index (χ0v) is 17.6. The molecule has 2 N–H and O–H groups in total. The number of alkyl halides is 3. The van der Waals surface area contributed by atoms with E-state index in [-0.39, 0.29) is 22.5 Å². The number of carbonyl (C=O) groups excluding carboxylic acids is 2. The number of anilines is 2. The molecule has 1 unspecified atom stereocenters. The van der Waals surface area contributed by atoms with Gasteiger partial charge in [0.15, 0.2) is 0 Å². The molecule has 1 fully saturated rings. The van der Waals surface area contributed by atoms with Gasteiger partial charge in [-0.05, 0) is 55.7 Å². The highest BCUT2D eigenvalue weighted by atomic mass is 35.5. The predicted molar refractivity (Wildman–Crippen MR) is 113 cm³/mol. The lowest BCUT2D eigenvalue weighted by Gasteiger charge is -2.18. The van der Waals surface area contributed by atoms with E-state index in [1.54, 1.807) is 31.2 Å². The van der Waals surface area contributed by atoms with Crippen LogP contribution in [-0.2, 0) is 15.8 Å². The van der Waals surface area contributed by atoms with Gasteiger partial charge in [-0.15, -0.1) is 11.8 Å². The summed E-state index contributed by atoms with van der Waals surface area (Å²) in [7, 11) is 0. The molecule has 0 aliphatic heterocycles. The predicted octanol–water partition coefficient (Wildman–Crippen LogP) is 6.22. The summed E-state index contributed by atoms with van der Waals surface area (Å²) >= 11 is 6.91. The molecule has 2 aromatic rings. The standard InChI is InChI=1S/C21H20ClF3N2O2S/c1-2-18(20(29)27-17-9-8-13(22)10-16(17)21(23,24)25)30-15-5-3-4-14(11-15)26-19(28)12-6-7-12/h3-5,8-12,18H,2,6-7H2,1H3,(H,26,28)(H,27,29). The van der Waals surface area contributed by atoms with E-state index >= 15 is 0 Å². The van der Waals surface area contributed by atoms with Crippen molar-refractivity contribution in [3.8, 4) is 0 Å². The van der Waals surface area contributed by atoms with E-state index in [9.17, 15) is 22.8 Å². The molecule has 0 heterocycles. The van der Waals surface area contributed by atoms with E-state index in [4.69, 9.17) is 11.6 Å². The maximum Gasteiger partial charge on any atom is 0.418 e. The lowest BCUT2D eigenvalue weighted by atomic mass is 10.1. The molecule has 3 rings (SSSR count). The Morgan fingerprint density at radius 2 is 1.90 bits per heavy atom. The van der Waals surface area contributed by atoms with Gasteiger partial charge in [-0.25, -0.2) is 0 Å². The Bertz CT molecular complexity index is 948. The summed E-state index contributed by atoms with van der Waals surface area (Å²) in [5.74, 6) is -0.496. The molecule has 1 aliphatic carbocycles. The van der Waals surface area contributed by atoms with Gasteiger partial charge in [0.25, 0.3) is 0 Å². The molecule has 0 spiro atoms. The molecule has 2 aromatic carbocycles. The molecule has 1 aliphatic rings. The van der Waals surface area contributed by atoms with Crippen molar-refractivity contribution in [2.24, 2.45) is 5.92 Å². The first-order valence-corrected chi connectivity index (χ1v) is 10.7. The van der Waals surface area contributed by atoms with Gasteiger partial charge in [-0.1, -0.05) is 24.6 Å². The fourth-order valence-corrected chi connectivity index (χ4v) is 3.98. The Balaban J connectivity index is 1.71. The molecule has 4 nitrogen and oxygen atoms in total. The first-order chi connectivity index (χ1) is 14.2. The van der Waals surface area contributed by atoms with Crippen molar-refractivity contribution in [3.05, 3.63) is 53.1 Å². The van der Waals surface area contributed by atoms with Crippen LogP contribution in [0, 0.1) is 5.92 Å². The van der Waals surface area contributed by atoms with E-state index in [1.165, 1.54) is 17.8 Å². The SMILES string of the molecule is CCC(Sc1cccc(NC(=O)C2CC2)c1)C(=O)Nc1ccc(Cl)cc1C(F)(F)F. The molecule has 160 valence electrons. The maximum absolute atomic E-state index is 13.3. The van der Waals surface area contributed by atoms with Crippen molar-refractivity contribution in [1.82, 2.24) is 0 Å². The largest absolute Gasteiger partial charge is 0.418 e. The van der Waals surface area contributed by atoms with Crippen LogP contribution in [0.4, 0.5) is 24.5 Å². The Labute approximate surface area is 181 Å². The second-order valence-corrected chi connectivity index (χ2v) is 8.70. The van der Waals surface area contributed by atoms with Crippen LogP contribution in [0.25, 0.3) is 0 Å². The topological polar surface area (TPSA) is 58.2 Å². The quantitative estimate of drug-likeness (QED) is 0.486. The second-order valence-electron chi connectivity index (χ2n) is 6.98.